The molecule has 2 N–H and O–H groups in total. The van der Waals surface area contributed by atoms with Crippen LogP contribution in [-0.4, -0.2) is 34.8 Å². The van der Waals surface area contributed by atoms with Gasteiger partial charge >= 0.3 is 0 Å². The molecule has 1 aromatic heterocycles. The Kier molecular flexibility index (Phi) is 4.14. The number of nitrogens with one attached hydrogen (secondary N) is 2. The number of carbonyl (C=O) groups excluding carboxylic acids is 1. The first-order valence-corrected chi connectivity index (χ1v) is 6.22. The summed E-state index contributed by atoms with van der Waals surface area (Å²) in [6.07, 6.45) is 5.62. The maximum Gasteiger partial charge on any atom is 0.221 e. The lowest BCUT2D eigenvalue weighted by atomic mass is 10.1. The van der Waals surface area contributed by atoms with Gasteiger partial charge in [-0.3, -0.25) is 9.48 Å². The number of carbonyl (C=O) groups is 1. The van der Waals surface area contributed by atoms with Crippen molar-refractivity contribution in [3.8, 4) is 0 Å². The van der Waals surface area contributed by atoms with E-state index in [0.29, 0.717) is 19.0 Å². The van der Waals surface area contributed by atoms with Crippen molar-refractivity contribution >= 4 is 5.91 Å². The molecule has 0 bridgehead atoms. The van der Waals surface area contributed by atoms with Gasteiger partial charge in [0.1, 0.15) is 0 Å². The normalized spacial score (nSPS) is 19.5. The molecule has 1 atom stereocenters. The van der Waals surface area contributed by atoms with E-state index in [0.717, 1.165) is 25.1 Å². The van der Waals surface area contributed by atoms with Crippen LogP contribution in [0.5, 0.6) is 0 Å². The molecular weight excluding hydrogens is 216 g/mol. The van der Waals surface area contributed by atoms with Crippen molar-refractivity contribution in [1.29, 1.82) is 0 Å². The van der Waals surface area contributed by atoms with E-state index in [4.69, 9.17) is 0 Å². The van der Waals surface area contributed by atoms with Crippen LogP contribution in [0.25, 0.3) is 0 Å². The highest BCUT2D eigenvalue weighted by Gasteiger charge is 2.17. The van der Waals surface area contributed by atoms with Gasteiger partial charge in [0.2, 0.25) is 5.91 Å². The van der Waals surface area contributed by atoms with Crippen LogP contribution >= 0.6 is 0 Å². The largest absolute Gasteiger partial charge is 0.356 e. The van der Waals surface area contributed by atoms with Crippen LogP contribution < -0.4 is 10.6 Å². The zero-order valence-corrected chi connectivity index (χ0v) is 10.3. The second kappa shape index (κ2) is 5.82. The number of aryl methyl sites for hydroxylation is 1. The fraction of sp³-hybridized carbons (Fsp3) is 0.667. The topological polar surface area (TPSA) is 59.0 Å². The number of nitrogens with zero attached hydrogens (tertiary/aromatic N) is 2. The molecular formula is C12H20N4O. The van der Waals surface area contributed by atoms with Crippen molar-refractivity contribution in [1.82, 2.24) is 20.4 Å². The average Bonchev–Trinajstić information content (AvgIpc) is 2.90. The first-order chi connectivity index (χ1) is 8.24. The second-order valence-electron chi connectivity index (χ2n) is 4.58. The van der Waals surface area contributed by atoms with E-state index in [-0.39, 0.29) is 5.91 Å². The molecule has 1 saturated heterocycles. The molecule has 2 heterocycles. The minimum Gasteiger partial charge on any atom is -0.356 e. The molecule has 5 nitrogen and oxygen atoms in total. The van der Waals surface area contributed by atoms with Crippen LogP contribution in [-0.2, 0) is 18.3 Å². The second-order valence-corrected chi connectivity index (χ2v) is 4.58. The van der Waals surface area contributed by atoms with Crippen molar-refractivity contribution in [2.24, 2.45) is 7.05 Å². The SMILES string of the molecule is Cn1ccc(CCNC(=O)CC2CCCN2)n1. The third-order valence-corrected chi connectivity index (χ3v) is 3.07. The minimum atomic E-state index is 0.139. The van der Waals surface area contributed by atoms with Gasteiger partial charge in [-0.2, -0.15) is 5.10 Å². The van der Waals surface area contributed by atoms with Crippen molar-refractivity contribution in [3.05, 3.63) is 18.0 Å². The zero-order valence-electron chi connectivity index (χ0n) is 10.3. The predicted octanol–water partition coefficient (Wildman–Crippen LogP) is 0.221. The zero-order chi connectivity index (χ0) is 12.1. The minimum absolute atomic E-state index is 0.139. The van der Waals surface area contributed by atoms with E-state index in [1.807, 2.05) is 19.3 Å². The van der Waals surface area contributed by atoms with Gasteiger partial charge in [-0.1, -0.05) is 0 Å². The van der Waals surface area contributed by atoms with Gasteiger partial charge in [0.15, 0.2) is 0 Å². The molecule has 94 valence electrons. The number of rotatable bonds is 5. The fourth-order valence-corrected chi connectivity index (χ4v) is 2.15. The summed E-state index contributed by atoms with van der Waals surface area (Å²) in [4.78, 5) is 11.6. The third kappa shape index (κ3) is 3.85. The van der Waals surface area contributed by atoms with Gasteiger partial charge in [-0.05, 0) is 25.5 Å². The van der Waals surface area contributed by atoms with E-state index >= 15 is 0 Å². The van der Waals surface area contributed by atoms with E-state index in [9.17, 15) is 4.79 Å². The van der Waals surface area contributed by atoms with Crippen LogP contribution in [0.4, 0.5) is 0 Å². The van der Waals surface area contributed by atoms with Gasteiger partial charge in [0, 0.05) is 38.7 Å². The Balaban J connectivity index is 1.62. The lowest BCUT2D eigenvalue weighted by Gasteiger charge is -2.09. The molecule has 0 aliphatic carbocycles. The third-order valence-electron chi connectivity index (χ3n) is 3.07. The highest BCUT2D eigenvalue weighted by Crippen LogP contribution is 2.08. The Morgan fingerprint density at radius 1 is 1.71 bits per heavy atom. The quantitative estimate of drug-likeness (QED) is 0.769. The molecule has 1 amide bonds. The first-order valence-electron chi connectivity index (χ1n) is 6.22. The molecule has 1 aliphatic rings. The van der Waals surface area contributed by atoms with Crippen LogP contribution in [0.1, 0.15) is 25.0 Å². The molecule has 0 spiro atoms. The van der Waals surface area contributed by atoms with E-state index < -0.39 is 0 Å². The lowest BCUT2D eigenvalue weighted by Crippen LogP contribution is -2.32. The summed E-state index contributed by atoms with van der Waals surface area (Å²) in [5, 5.41) is 10.5. The summed E-state index contributed by atoms with van der Waals surface area (Å²) in [5.41, 5.74) is 1.02. The standard InChI is InChI=1S/C12H20N4O/c1-16-8-5-10(15-16)4-7-14-12(17)9-11-3-2-6-13-11/h5,8,11,13H,2-4,6-7,9H2,1H3,(H,14,17). The molecule has 1 unspecified atom stereocenters. The van der Waals surface area contributed by atoms with Gasteiger partial charge < -0.3 is 10.6 Å². The van der Waals surface area contributed by atoms with Gasteiger partial charge in [0.05, 0.1) is 5.69 Å². The number of aromatic nitrogens is 2. The van der Waals surface area contributed by atoms with Crippen LogP contribution in [0, 0.1) is 0 Å². The average molecular weight is 236 g/mol. The van der Waals surface area contributed by atoms with Crippen molar-refractivity contribution in [2.75, 3.05) is 13.1 Å². The predicted molar refractivity (Wildman–Crippen MR) is 65.6 cm³/mol. The first kappa shape index (κ1) is 12.1. The maximum atomic E-state index is 11.6. The van der Waals surface area contributed by atoms with Gasteiger partial charge in [0.25, 0.3) is 0 Å². The number of hydrogen-bond donors (Lipinski definition) is 2. The van der Waals surface area contributed by atoms with Crippen molar-refractivity contribution in [3.63, 3.8) is 0 Å². The van der Waals surface area contributed by atoms with Crippen LogP contribution in [0.3, 0.4) is 0 Å². The van der Waals surface area contributed by atoms with Crippen LogP contribution in [0.15, 0.2) is 12.3 Å². The van der Waals surface area contributed by atoms with Crippen molar-refractivity contribution < 1.29 is 4.79 Å². The molecule has 2 rings (SSSR count). The summed E-state index contributed by atoms with van der Waals surface area (Å²) < 4.78 is 1.78. The van der Waals surface area contributed by atoms with Gasteiger partial charge in [-0.15, -0.1) is 0 Å². The summed E-state index contributed by atoms with van der Waals surface area (Å²) in [6, 6.07) is 2.36. The molecule has 1 aromatic rings. The Bertz CT molecular complexity index is 368. The molecule has 1 fully saturated rings. The summed E-state index contributed by atoms with van der Waals surface area (Å²) >= 11 is 0. The Morgan fingerprint density at radius 3 is 3.24 bits per heavy atom. The maximum absolute atomic E-state index is 11.6. The monoisotopic (exact) mass is 236 g/mol. The Hall–Kier alpha value is -1.36. The van der Waals surface area contributed by atoms with E-state index in [1.54, 1.807) is 4.68 Å². The summed E-state index contributed by atoms with van der Waals surface area (Å²) in [5.74, 6) is 0.139. The summed E-state index contributed by atoms with van der Waals surface area (Å²) in [6.45, 7) is 1.72. The van der Waals surface area contributed by atoms with E-state index in [1.165, 1.54) is 6.42 Å². The molecule has 1 aliphatic heterocycles. The molecule has 5 heteroatoms. The molecule has 0 aromatic carbocycles. The fourth-order valence-electron chi connectivity index (χ4n) is 2.15. The molecule has 17 heavy (non-hydrogen) atoms. The number of hydrogen-bond acceptors (Lipinski definition) is 3. The van der Waals surface area contributed by atoms with Gasteiger partial charge in [-0.25, -0.2) is 0 Å². The van der Waals surface area contributed by atoms with E-state index in [2.05, 4.69) is 15.7 Å². The number of amides is 1. The van der Waals surface area contributed by atoms with Crippen molar-refractivity contribution in [2.45, 2.75) is 31.7 Å². The molecule has 0 saturated carbocycles. The molecule has 0 radical (unpaired) electrons. The van der Waals surface area contributed by atoms with Crippen LogP contribution in [0.2, 0.25) is 0 Å². The lowest BCUT2D eigenvalue weighted by molar-refractivity contribution is -0.121. The highest BCUT2D eigenvalue weighted by atomic mass is 16.1. The highest BCUT2D eigenvalue weighted by molar-refractivity contribution is 5.76. The smallest absolute Gasteiger partial charge is 0.221 e. The Labute approximate surface area is 102 Å². The summed E-state index contributed by atoms with van der Waals surface area (Å²) in [7, 11) is 1.90. The Morgan fingerprint density at radius 2 is 2.59 bits per heavy atom.